The molecule has 0 aliphatic carbocycles. The van der Waals surface area contributed by atoms with Crippen LogP contribution in [0.5, 0.6) is 0 Å². The molecule has 2 atom stereocenters. The highest BCUT2D eigenvalue weighted by atomic mass is 16.5. The van der Waals surface area contributed by atoms with Gasteiger partial charge in [-0.25, -0.2) is 0 Å². The predicted molar refractivity (Wildman–Crippen MR) is 65.4 cm³/mol. The maximum atomic E-state index is 5.86. The molecule has 0 amide bonds. The molecule has 2 unspecified atom stereocenters. The van der Waals surface area contributed by atoms with Crippen molar-refractivity contribution in [3.8, 4) is 0 Å². The molecular formula is C13H21NO2. The van der Waals surface area contributed by atoms with Crippen LogP contribution in [0.3, 0.4) is 0 Å². The zero-order chi connectivity index (χ0) is 12.0. The van der Waals surface area contributed by atoms with Gasteiger partial charge in [-0.1, -0.05) is 24.3 Å². The van der Waals surface area contributed by atoms with E-state index in [1.54, 1.807) is 7.11 Å². The largest absolute Gasteiger partial charge is 0.382 e. The molecule has 2 N–H and O–H groups in total. The third-order valence-electron chi connectivity index (χ3n) is 2.55. The van der Waals surface area contributed by atoms with Gasteiger partial charge in [0.1, 0.15) is 0 Å². The van der Waals surface area contributed by atoms with Gasteiger partial charge in [-0.15, -0.1) is 0 Å². The van der Waals surface area contributed by atoms with Crippen molar-refractivity contribution in [3.63, 3.8) is 0 Å². The van der Waals surface area contributed by atoms with E-state index in [1.807, 2.05) is 19.1 Å². The van der Waals surface area contributed by atoms with Crippen molar-refractivity contribution < 1.29 is 9.47 Å². The first-order chi connectivity index (χ1) is 7.69. The second kappa shape index (κ2) is 6.63. The van der Waals surface area contributed by atoms with Gasteiger partial charge in [0.2, 0.25) is 0 Å². The Bertz CT molecular complexity index is 315. The van der Waals surface area contributed by atoms with Crippen LogP contribution in [0, 0.1) is 6.92 Å². The van der Waals surface area contributed by atoms with Crippen LogP contribution in [-0.2, 0) is 9.47 Å². The molecule has 3 heteroatoms. The normalized spacial score (nSPS) is 14.8. The van der Waals surface area contributed by atoms with Crippen molar-refractivity contribution >= 4 is 0 Å². The molecule has 90 valence electrons. The molecule has 0 bridgehead atoms. The zero-order valence-corrected chi connectivity index (χ0v) is 10.3. The number of benzene rings is 1. The monoisotopic (exact) mass is 223 g/mol. The van der Waals surface area contributed by atoms with Gasteiger partial charge in [-0.2, -0.15) is 0 Å². The fourth-order valence-electron chi connectivity index (χ4n) is 1.76. The number of rotatable bonds is 6. The highest BCUT2D eigenvalue weighted by molar-refractivity contribution is 5.28. The van der Waals surface area contributed by atoms with Crippen LogP contribution in [0.2, 0.25) is 0 Å². The molecule has 0 aliphatic heterocycles. The molecule has 0 radical (unpaired) electrons. The maximum Gasteiger partial charge on any atom is 0.0954 e. The molecule has 0 aliphatic rings. The lowest BCUT2D eigenvalue weighted by molar-refractivity contribution is -0.0364. The molecule has 16 heavy (non-hydrogen) atoms. The van der Waals surface area contributed by atoms with E-state index < -0.39 is 0 Å². The fourth-order valence-corrected chi connectivity index (χ4v) is 1.76. The fraction of sp³-hybridized carbons (Fsp3) is 0.538. The highest BCUT2D eigenvalue weighted by Gasteiger charge is 2.15. The number of hydrogen-bond acceptors (Lipinski definition) is 3. The predicted octanol–water partition coefficient (Wildman–Crippen LogP) is 2.05. The van der Waals surface area contributed by atoms with Crippen LogP contribution in [0.15, 0.2) is 24.3 Å². The van der Waals surface area contributed by atoms with Crippen molar-refractivity contribution in [3.05, 3.63) is 35.4 Å². The first-order valence-corrected chi connectivity index (χ1v) is 5.59. The first-order valence-electron chi connectivity index (χ1n) is 5.59. The summed E-state index contributed by atoms with van der Waals surface area (Å²) in [6.45, 7) is 5.13. The second-order valence-electron chi connectivity index (χ2n) is 3.98. The topological polar surface area (TPSA) is 44.5 Å². The summed E-state index contributed by atoms with van der Waals surface area (Å²) in [7, 11) is 1.67. The molecule has 1 aromatic rings. The Labute approximate surface area is 97.6 Å². The number of methoxy groups -OCH3 is 1. The van der Waals surface area contributed by atoms with Gasteiger partial charge in [0.05, 0.1) is 18.8 Å². The minimum absolute atomic E-state index is 0.0497. The third-order valence-corrected chi connectivity index (χ3v) is 2.55. The van der Waals surface area contributed by atoms with Crippen LogP contribution in [0.1, 0.15) is 24.2 Å². The summed E-state index contributed by atoms with van der Waals surface area (Å²) in [5, 5.41) is 0. The van der Waals surface area contributed by atoms with Gasteiger partial charge >= 0.3 is 0 Å². The zero-order valence-electron chi connectivity index (χ0n) is 10.3. The summed E-state index contributed by atoms with van der Waals surface area (Å²) < 4.78 is 10.9. The standard InChI is InChI=1S/C13H21NO2/c1-10-6-4-5-7-12(10)13(8-14)16-11(2)9-15-3/h4-7,11,13H,8-9,14H2,1-3H3. The average molecular weight is 223 g/mol. The van der Waals surface area contributed by atoms with Crippen molar-refractivity contribution in [1.82, 2.24) is 0 Å². The summed E-state index contributed by atoms with van der Waals surface area (Å²) >= 11 is 0. The molecule has 0 heterocycles. The number of hydrogen-bond donors (Lipinski definition) is 1. The van der Waals surface area contributed by atoms with Crippen molar-refractivity contribution in [2.75, 3.05) is 20.3 Å². The van der Waals surface area contributed by atoms with Crippen LogP contribution in [-0.4, -0.2) is 26.4 Å². The van der Waals surface area contributed by atoms with E-state index in [0.29, 0.717) is 13.2 Å². The molecule has 0 saturated heterocycles. The lowest BCUT2D eigenvalue weighted by Crippen LogP contribution is -2.24. The molecular weight excluding hydrogens is 202 g/mol. The van der Waals surface area contributed by atoms with Crippen LogP contribution in [0.4, 0.5) is 0 Å². The van der Waals surface area contributed by atoms with E-state index in [-0.39, 0.29) is 12.2 Å². The SMILES string of the molecule is COCC(C)OC(CN)c1ccccc1C. The van der Waals surface area contributed by atoms with Crippen molar-refractivity contribution in [2.24, 2.45) is 5.73 Å². The van der Waals surface area contributed by atoms with Crippen LogP contribution < -0.4 is 5.73 Å². The van der Waals surface area contributed by atoms with E-state index in [1.165, 1.54) is 5.56 Å². The third kappa shape index (κ3) is 3.59. The Hall–Kier alpha value is -0.900. The van der Waals surface area contributed by atoms with E-state index >= 15 is 0 Å². The van der Waals surface area contributed by atoms with E-state index in [2.05, 4.69) is 19.1 Å². The second-order valence-corrected chi connectivity index (χ2v) is 3.98. The van der Waals surface area contributed by atoms with Gasteiger partial charge in [0, 0.05) is 13.7 Å². The van der Waals surface area contributed by atoms with Crippen LogP contribution in [0.25, 0.3) is 0 Å². The molecule has 0 spiro atoms. The minimum atomic E-state index is -0.0497. The molecule has 3 nitrogen and oxygen atoms in total. The van der Waals surface area contributed by atoms with Crippen LogP contribution >= 0.6 is 0 Å². The Morgan fingerprint density at radius 2 is 2.00 bits per heavy atom. The van der Waals surface area contributed by atoms with Gasteiger partial charge in [-0.05, 0) is 25.0 Å². The lowest BCUT2D eigenvalue weighted by atomic mass is 10.0. The average Bonchev–Trinajstić information content (AvgIpc) is 2.27. The van der Waals surface area contributed by atoms with Crippen molar-refractivity contribution in [1.29, 1.82) is 0 Å². The van der Waals surface area contributed by atoms with E-state index in [4.69, 9.17) is 15.2 Å². The smallest absolute Gasteiger partial charge is 0.0954 e. The van der Waals surface area contributed by atoms with E-state index in [0.717, 1.165) is 5.56 Å². The summed E-state index contributed by atoms with van der Waals surface area (Å²) in [5.74, 6) is 0. The minimum Gasteiger partial charge on any atom is -0.382 e. The van der Waals surface area contributed by atoms with Gasteiger partial charge in [0.15, 0.2) is 0 Å². The van der Waals surface area contributed by atoms with Gasteiger partial charge in [-0.3, -0.25) is 0 Å². The summed E-state index contributed by atoms with van der Waals surface area (Å²) in [6.07, 6.45) is 0.00417. The van der Waals surface area contributed by atoms with Gasteiger partial charge in [0.25, 0.3) is 0 Å². The maximum absolute atomic E-state index is 5.86. The number of aryl methyl sites for hydroxylation is 1. The Kier molecular flexibility index (Phi) is 5.46. The number of ether oxygens (including phenoxy) is 2. The van der Waals surface area contributed by atoms with E-state index in [9.17, 15) is 0 Å². The highest BCUT2D eigenvalue weighted by Crippen LogP contribution is 2.21. The Morgan fingerprint density at radius 1 is 1.31 bits per heavy atom. The molecule has 0 saturated carbocycles. The Balaban J connectivity index is 2.71. The molecule has 1 rings (SSSR count). The number of nitrogens with two attached hydrogens (primary N) is 1. The molecule has 1 aromatic carbocycles. The lowest BCUT2D eigenvalue weighted by Gasteiger charge is -2.22. The summed E-state index contributed by atoms with van der Waals surface area (Å²) in [4.78, 5) is 0. The molecule has 0 aromatic heterocycles. The summed E-state index contributed by atoms with van der Waals surface area (Å²) in [6, 6.07) is 8.16. The van der Waals surface area contributed by atoms with Gasteiger partial charge < -0.3 is 15.2 Å². The quantitative estimate of drug-likeness (QED) is 0.802. The summed E-state index contributed by atoms with van der Waals surface area (Å²) in [5.41, 5.74) is 8.12. The molecule has 0 fully saturated rings. The Morgan fingerprint density at radius 3 is 2.56 bits per heavy atom. The van der Waals surface area contributed by atoms with Crippen molar-refractivity contribution in [2.45, 2.75) is 26.1 Å². The first kappa shape index (κ1) is 13.2.